The van der Waals surface area contributed by atoms with Gasteiger partial charge in [0.2, 0.25) is 5.88 Å². The summed E-state index contributed by atoms with van der Waals surface area (Å²) < 4.78 is 18.4. The lowest BCUT2D eigenvalue weighted by molar-refractivity contribution is -0.102. The predicted molar refractivity (Wildman–Crippen MR) is 122 cm³/mol. The molecule has 0 aliphatic carbocycles. The summed E-state index contributed by atoms with van der Waals surface area (Å²) in [7, 11) is 0. The highest BCUT2D eigenvalue weighted by Gasteiger charge is 2.21. The maximum atomic E-state index is 12.6. The molecule has 0 spiro atoms. The smallest absolute Gasteiger partial charge is 0.351 e. The third-order valence-electron chi connectivity index (χ3n) is 5.74. The molecule has 168 valence electrons. The highest BCUT2D eigenvalue weighted by Crippen LogP contribution is 2.30. The topological polar surface area (TPSA) is 82.8 Å². The van der Waals surface area contributed by atoms with Crippen LogP contribution < -0.4 is 10.4 Å². The van der Waals surface area contributed by atoms with E-state index in [0.717, 1.165) is 27.9 Å². The van der Waals surface area contributed by atoms with Crippen LogP contribution in [-0.4, -0.2) is 47.2 Å². The summed E-state index contributed by atoms with van der Waals surface area (Å²) in [4.78, 5) is 16.7. The minimum Gasteiger partial charge on any atom is -0.475 e. The number of benzene rings is 2. The second kappa shape index (κ2) is 9.59. The third-order valence-corrected chi connectivity index (χ3v) is 5.74. The van der Waals surface area contributed by atoms with E-state index in [1.807, 2.05) is 48.5 Å². The predicted octanol–water partition coefficient (Wildman–Crippen LogP) is 2.35. The van der Waals surface area contributed by atoms with Crippen LogP contribution >= 0.6 is 0 Å². The molecular formula is C26H24N2O5. The molecule has 2 aliphatic rings. The molecular weight excluding hydrogens is 420 g/mol. The minimum absolute atomic E-state index is 0.168. The molecule has 2 aliphatic heterocycles. The van der Waals surface area contributed by atoms with Crippen molar-refractivity contribution in [1.82, 2.24) is 9.55 Å². The van der Waals surface area contributed by atoms with Gasteiger partial charge in [0.05, 0.1) is 25.5 Å². The summed E-state index contributed by atoms with van der Waals surface area (Å²) in [6.07, 6.45) is -0.307. The van der Waals surface area contributed by atoms with Crippen LogP contribution in [-0.2, 0) is 22.4 Å². The first kappa shape index (κ1) is 21.4. The number of aliphatic hydroxyl groups excluding tert-OH is 1. The van der Waals surface area contributed by atoms with Crippen molar-refractivity contribution in [3.63, 3.8) is 0 Å². The monoisotopic (exact) mass is 444 g/mol. The molecule has 0 saturated carbocycles. The van der Waals surface area contributed by atoms with Gasteiger partial charge in [-0.3, -0.25) is 4.57 Å². The quantitative estimate of drug-likeness (QED) is 0.622. The van der Waals surface area contributed by atoms with E-state index in [0.29, 0.717) is 32.8 Å². The molecule has 5 rings (SSSR count). The van der Waals surface area contributed by atoms with Gasteiger partial charge in [0.15, 0.2) is 0 Å². The Bertz CT molecular complexity index is 1250. The molecule has 1 N–H and O–H groups in total. The molecule has 3 aromatic rings. The van der Waals surface area contributed by atoms with Crippen LogP contribution in [0, 0.1) is 11.8 Å². The molecule has 7 nitrogen and oxygen atoms in total. The maximum Gasteiger partial charge on any atom is 0.351 e. The number of nitrogens with zero attached hydrogens (tertiary/aromatic N) is 2. The van der Waals surface area contributed by atoms with E-state index in [2.05, 4.69) is 16.8 Å². The summed E-state index contributed by atoms with van der Waals surface area (Å²) in [5, 5.41) is 10.3. The van der Waals surface area contributed by atoms with Crippen LogP contribution in [0.1, 0.15) is 22.8 Å². The normalized spacial score (nSPS) is 17.8. The summed E-state index contributed by atoms with van der Waals surface area (Å²) in [5.41, 5.74) is 4.08. The first-order valence-electron chi connectivity index (χ1n) is 11.0. The summed E-state index contributed by atoms with van der Waals surface area (Å²) in [5.74, 6) is 6.25. The van der Waals surface area contributed by atoms with Crippen LogP contribution in [0.5, 0.6) is 5.88 Å². The van der Waals surface area contributed by atoms with E-state index in [9.17, 15) is 9.90 Å². The number of fused-ring (bicyclic) bond motifs is 3. The van der Waals surface area contributed by atoms with Crippen LogP contribution in [0.2, 0.25) is 0 Å². The van der Waals surface area contributed by atoms with Crippen molar-refractivity contribution >= 4 is 0 Å². The zero-order chi connectivity index (χ0) is 22.6. The van der Waals surface area contributed by atoms with Crippen molar-refractivity contribution in [2.24, 2.45) is 0 Å². The van der Waals surface area contributed by atoms with Gasteiger partial charge >= 0.3 is 5.69 Å². The molecule has 3 heterocycles. The molecule has 2 atom stereocenters. The van der Waals surface area contributed by atoms with Crippen molar-refractivity contribution < 1.29 is 19.3 Å². The summed E-state index contributed by atoms with van der Waals surface area (Å²) in [6.45, 7) is 2.41. The lowest BCUT2D eigenvalue weighted by Crippen LogP contribution is -2.34. The largest absolute Gasteiger partial charge is 0.475 e. The van der Waals surface area contributed by atoms with Gasteiger partial charge in [-0.15, -0.1) is 0 Å². The zero-order valence-corrected chi connectivity index (χ0v) is 18.1. The second-order valence-electron chi connectivity index (χ2n) is 8.00. The highest BCUT2D eigenvalue weighted by atomic mass is 16.6. The van der Waals surface area contributed by atoms with E-state index in [4.69, 9.17) is 14.2 Å². The number of aliphatic hydroxyl groups is 1. The standard InChI is InChI=1S/C26H24N2O5/c29-24(19-4-2-1-3-5-19)9-7-18-6-8-22-20(14-18)10-11-28-23(22)15-25(27-26(28)30)33-17-21-16-31-12-13-32-21/h1-6,8,14-15,21,24,29H,10-13,16-17H2. The first-order chi connectivity index (χ1) is 16.2. The molecule has 1 saturated heterocycles. The lowest BCUT2D eigenvalue weighted by Gasteiger charge is -2.24. The number of hydrogen-bond acceptors (Lipinski definition) is 6. The van der Waals surface area contributed by atoms with E-state index >= 15 is 0 Å². The maximum absolute atomic E-state index is 12.6. The van der Waals surface area contributed by atoms with Gasteiger partial charge in [-0.25, -0.2) is 4.79 Å². The Morgan fingerprint density at radius 3 is 2.88 bits per heavy atom. The van der Waals surface area contributed by atoms with Gasteiger partial charge in [0.1, 0.15) is 18.8 Å². The van der Waals surface area contributed by atoms with Crippen LogP contribution in [0.25, 0.3) is 11.3 Å². The SMILES string of the molecule is O=c1nc(OCC2COCCO2)cc2n1CCc1cc(C#CC(O)c3ccccc3)ccc1-2. The van der Waals surface area contributed by atoms with Crippen molar-refractivity contribution in [2.45, 2.75) is 25.2 Å². The first-order valence-corrected chi connectivity index (χ1v) is 11.0. The number of aryl methyl sites for hydroxylation is 1. The van der Waals surface area contributed by atoms with Gasteiger partial charge in [-0.05, 0) is 29.7 Å². The van der Waals surface area contributed by atoms with E-state index in [1.54, 1.807) is 10.6 Å². The van der Waals surface area contributed by atoms with Crippen LogP contribution in [0.15, 0.2) is 59.4 Å². The van der Waals surface area contributed by atoms with Gasteiger partial charge in [-0.2, -0.15) is 4.98 Å². The fraction of sp³-hybridized carbons (Fsp3) is 0.308. The van der Waals surface area contributed by atoms with Crippen LogP contribution in [0.4, 0.5) is 0 Å². The molecule has 2 aromatic carbocycles. The average molecular weight is 444 g/mol. The minimum atomic E-state index is -0.842. The number of hydrogen-bond donors (Lipinski definition) is 1. The van der Waals surface area contributed by atoms with Gasteiger partial charge in [0, 0.05) is 23.7 Å². The summed E-state index contributed by atoms with van der Waals surface area (Å²) in [6, 6.07) is 17.0. The third kappa shape index (κ3) is 4.83. The molecule has 1 fully saturated rings. The molecule has 7 heteroatoms. The van der Waals surface area contributed by atoms with Crippen LogP contribution in [0.3, 0.4) is 0 Å². The Balaban J connectivity index is 1.37. The van der Waals surface area contributed by atoms with Gasteiger partial charge in [-0.1, -0.05) is 48.2 Å². The molecule has 0 bridgehead atoms. The number of ether oxygens (including phenoxy) is 3. The number of rotatable bonds is 4. The molecule has 33 heavy (non-hydrogen) atoms. The van der Waals surface area contributed by atoms with Crippen molar-refractivity contribution in [2.75, 3.05) is 26.4 Å². The molecule has 0 amide bonds. The van der Waals surface area contributed by atoms with Gasteiger partial charge < -0.3 is 19.3 Å². The zero-order valence-electron chi connectivity index (χ0n) is 18.1. The fourth-order valence-electron chi connectivity index (χ4n) is 4.04. The molecule has 1 aromatic heterocycles. The average Bonchev–Trinajstić information content (AvgIpc) is 2.87. The Labute approximate surface area is 191 Å². The van der Waals surface area contributed by atoms with Crippen molar-refractivity contribution in [1.29, 1.82) is 0 Å². The Kier molecular flexibility index (Phi) is 6.22. The van der Waals surface area contributed by atoms with Gasteiger partial charge in [0.25, 0.3) is 0 Å². The van der Waals surface area contributed by atoms with Crippen molar-refractivity contribution in [3.05, 3.63) is 81.8 Å². The van der Waals surface area contributed by atoms with Crippen molar-refractivity contribution in [3.8, 4) is 29.0 Å². The highest BCUT2D eigenvalue weighted by molar-refractivity contribution is 5.68. The Morgan fingerprint density at radius 2 is 2.06 bits per heavy atom. The second-order valence-corrected chi connectivity index (χ2v) is 8.00. The Hall–Kier alpha value is -3.44. The van der Waals surface area contributed by atoms with E-state index < -0.39 is 6.10 Å². The Morgan fingerprint density at radius 1 is 1.18 bits per heavy atom. The number of aromatic nitrogens is 2. The lowest BCUT2D eigenvalue weighted by atomic mass is 9.95. The van der Waals surface area contributed by atoms with E-state index in [1.165, 1.54) is 0 Å². The fourth-order valence-corrected chi connectivity index (χ4v) is 4.04. The summed E-state index contributed by atoms with van der Waals surface area (Å²) >= 11 is 0. The van der Waals surface area contributed by atoms with E-state index in [-0.39, 0.29) is 24.3 Å². The molecule has 0 radical (unpaired) electrons. The molecule has 2 unspecified atom stereocenters.